The van der Waals surface area contributed by atoms with Crippen molar-refractivity contribution in [3.8, 4) is 5.75 Å². The summed E-state index contributed by atoms with van der Waals surface area (Å²) in [4.78, 5) is 13.5. The van der Waals surface area contributed by atoms with Crippen LogP contribution in [0.15, 0.2) is 35.2 Å². The minimum atomic E-state index is -0.0989. The van der Waals surface area contributed by atoms with Crippen LogP contribution in [0.4, 0.5) is 0 Å². The number of methoxy groups -OCH3 is 1. The van der Waals surface area contributed by atoms with Crippen molar-refractivity contribution in [3.63, 3.8) is 0 Å². The van der Waals surface area contributed by atoms with E-state index in [1.54, 1.807) is 12.1 Å². The van der Waals surface area contributed by atoms with Crippen molar-refractivity contribution in [3.05, 3.63) is 55.8 Å². The number of carbonyl (C=O) groups is 1. The third-order valence-corrected chi connectivity index (χ3v) is 5.81. The molecule has 0 N–H and O–H groups in total. The van der Waals surface area contributed by atoms with Gasteiger partial charge in [0, 0.05) is 11.4 Å². The number of nitrogens with zero attached hydrogens (tertiary/aromatic N) is 2. The average Bonchev–Trinajstić information content (AvgIpc) is 2.99. The van der Waals surface area contributed by atoms with Crippen molar-refractivity contribution >= 4 is 62.9 Å². The van der Waals surface area contributed by atoms with E-state index in [2.05, 4.69) is 22.6 Å². The average molecular weight is 470 g/mol. The minimum Gasteiger partial charge on any atom is -0.496 e. The molecule has 4 nitrogen and oxygen atoms in total. The summed E-state index contributed by atoms with van der Waals surface area (Å²) >= 11 is 8.97. The minimum absolute atomic E-state index is 0.0989. The number of hydrogen-bond donors (Lipinski definition) is 0. The molecule has 24 heavy (non-hydrogen) atoms. The Morgan fingerprint density at radius 3 is 2.46 bits per heavy atom. The second-order valence-electron chi connectivity index (χ2n) is 5.32. The molecule has 0 radical (unpaired) electrons. The zero-order chi connectivity index (χ0) is 17.4. The zero-order valence-electron chi connectivity index (χ0n) is 13.4. The van der Waals surface area contributed by atoms with Gasteiger partial charge in [0.05, 0.1) is 15.6 Å². The third-order valence-electron chi connectivity index (χ3n) is 3.68. The van der Waals surface area contributed by atoms with Gasteiger partial charge in [-0.05, 0) is 84.6 Å². The lowest BCUT2D eigenvalue weighted by molar-refractivity contribution is -0.114. The first-order valence-corrected chi connectivity index (χ1v) is 9.49. The topological polar surface area (TPSA) is 34.5 Å². The van der Waals surface area contributed by atoms with Crippen LogP contribution in [-0.2, 0) is 4.79 Å². The van der Waals surface area contributed by atoms with Crippen molar-refractivity contribution in [1.82, 2.24) is 4.68 Å². The summed E-state index contributed by atoms with van der Waals surface area (Å²) in [7, 11) is 1.64. The normalized spacial score (nSPS) is 16.3. The monoisotopic (exact) mass is 470 g/mol. The highest BCUT2D eigenvalue weighted by Gasteiger charge is 2.34. The molecule has 1 aromatic heterocycles. The molecule has 2 heterocycles. The molecule has 3 rings (SSSR count). The highest BCUT2D eigenvalue weighted by atomic mass is 127. The lowest BCUT2D eigenvalue weighted by atomic mass is 10.2. The van der Waals surface area contributed by atoms with Crippen LogP contribution >= 0.6 is 46.6 Å². The highest BCUT2D eigenvalue weighted by Crippen LogP contribution is 2.33. The molecule has 0 spiro atoms. The molecule has 7 heteroatoms. The summed E-state index contributed by atoms with van der Waals surface area (Å²) in [6.07, 6.45) is 1.87. The summed E-state index contributed by atoms with van der Waals surface area (Å²) in [5, 5.41) is 1.56. The van der Waals surface area contributed by atoms with Crippen molar-refractivity contribution < 1.29 is 9.53 Å². The number of hydrogen-bond acceptors (Lipinski definition) is 4. The van der Waals surface area contributed by atoms with E-state index in [0.717, 1.165) is 26.3 Å². The van der Waals surface area contributed by atoms with Gasteiger partial charge in [-0.25, -0.2) is 0 Å². The maximum Gasteiger partial charge on any atom is 0.285 e. The van der Waals surface area contributed by atoms with E-state index in [1.807, 2.05) is 54.9 Å². The van der Waals surface area contributed by atoms with Crippen LogP contribution in [0.5, 0.6) is 5.75 Å². The lowest BCUT2D eigenvalue weighted by Gasteiger charge is -2.20. The molecule has 1 amide bonds. The Morgan fingerprint density at radius 1 is 1.21 bits per heavy atom. The van der Waals surface area contributed by atoms with Gasteiger partial charge in [-0.1, -0.05) is 17.8 Å². The van der Waals surface area contributed by atoms with Crippen molar-refractivity contribution in [2.24, 2.45) is 0 Å². The van der Waals surface area contributed by atoms with E-state index < -0.39 is 0 Å². The fourth-order valence-electron chi connectivity index (χ4n) is 2.53. The largest absolute Gasteiger partial charge is 0.496 e. The second-order valence-corrected chi connectivity index (χ2v) is 8.15. The molecule has 0 unspecified atom stereocenters. The van der Waals surface area contributed by atoms with Crippen LogP contribution in [0.2, 0.25) is 0 Å². The van der Waals surface area contributed by atoms with Gasteiger partial charge in [0.15, 0.2) is 4.32 Å². The maximum absolute atomic E-state index is 12.8. The number of carbonyl (C=O) groups excluding carboxylic acids is 1. The zero-order valence-corrected chi connectivity index (χ0v) is 17.2. The lowest BCUT2D eigenvalue weighted by Crippen LogP contribution is -2.39. The fraction of sp³-hybridized carbons (Fsp3) is 0.176. The quantitative estimate of drug-likeness (QED) is 0.382. The fourth-order valence-corrected chi connectivity index (χ4v) is 4.53. The van der Waals surface area contributed by atoms with E-state index in [0.29, 0.717) is 9.23 Å². The summed E-state index contributed by atoms with van der Waals surface area (Å²) < 4.78 is 8.66. The van der Waals surface area contributed by atoms with E-state index in [1.165, 1.54) is 11.8 Å². The summed E-state index contributed by atoms with van der Waals surface area (Å²) in [6.45, 7) is 3.92. The Balaban J connectivity index is 1.96. The molecule has 1 aromatic carbocycles. The van der Waals surface area contributed by atoms with Crippen LogP contribution in [0.3, 0.4) is 0 Å². The standard InChI is InChI=1S/C17H15IN2O2S2/c1-10-4-5-11(2)19(10)20-16(21)15(24-17(20)23)9-12-6-7-14(22-3)13(18)8-12/h4-9H,1-3H3/b15-9-. The number of aryl methyl sites for hydroxylation is 2. The van der Waals surface area contributed by atoms with Crippen molar-refractivity contribution in [1.29, 1.82) is 0 Å². The van der Waals surface area contributed by atoms with Crippen LogP contribution in [0.25, 0.3) is 6.08 Å². The maximum atomic E-state index is 12.8. The van der Waals surface area contributed by atoms with E-state index >= 15 is 0 Å². The van der Waals surface area contributed by atoms with Gasteiger partial charge in [0.25, 0.3) is 5.91 Å². The number of thiocarbonyl (C=S) groups is 1. The third kappa shape index (κ3) is 3.12. The molecule has 1 aliphatic heterocycles. The molecule has 0 saturated carbocycles. The predicted molar refractivity (Wildman–Crippen MR) is 111 cm³/mol. The molecule has 1 aliphatic rings. The summed E-state index contributed by atoms with van der Waals surface area (Å²) in [5.41, 5.74) is 2.90. The van der Waals surface area contributed by atoms with Crippen LogP contribution < -0.4 is 9.75 Å². The van der Waals surface area contributed by atoms with E-state index in [4.69, 9.17) is 17.0 Å². The molecule has 0 aliphatic carbocycles. The number of benzene rings is 1. The molecule has 1 fully saturated rings. The number of rotatable bonds is 3. The second kappa shape index (κ2) is 6.89. The molecule has 124 valence electrons. The number of halogens is 1. The number of amides is 1. The van der Waals surface area contributed by atoms with Gasteiger partial charge in [-0.15, -0.1) is 0 Å². The van der Waals surface area contributed by atoms with Gasteiger partial charge in [-0.3, -0.25) is 9.47 Å². The van der Waals surface area contributed by atoms with Gasteiger partial charge in [0.1, 0.15) is 5.75 Å². The summed E-state index contributed by atoms with van der Waals surface area (Å²) in [6, 6.07) is 9.76. The van der Waals surface area contributed by atoms with Gasteiger partial charge >= 0.3 is 0 Å². The Labute approximate surface area is 164 Å². The van der Waals surface area contributed by atoms with Crippen LogP contribution in [0, 0.1) is 17.4 Å². The van der Waals surface area contributed by atoms with Crippen molar-refractivity contribution in [2.45, 2.75) is 13.8 Å². The van der Waals surface area contributed by atoms with Gasteiger partial charge < -0.3 is 4.74 Å². The molecule has 0 bridgehead atoms. The Morgan fingerprint density at radius 2 is 1.88 bits per heavy atom. The van der Waals surface area contributed by atoms with E-state index in [-0.39, 0.29) is 5.91 Å². The smallest absolute Gasteiger partial charge is 0.285 e. The number of thioether (sulfide) groups is 1. The predicted octanol–water partition coefficient (Wildman–Crippen LogP) is 4.26. The molecular formula is C17H15IN2O2S2. The Kier molecular flexibility index (Phi) is 5.03. The first-order chi connectivity index (χ1) is 11.4. The van der Waals surface area contributed by atoms with E-state index in [9.17, 15) is 4.79 Å². The van der Waals surface area contributed by atoms with Crippen molar-refractivity contribution in [2.75, 3.05) is 12.1 Å². The number of ether oxygens (including phenoxy) is 1. The molecular weight excluding hydrogens is 455 g/mol. The first kappa shape index (κ1) is 17.5. The van der Waals surface area contributed by atoms with Crippen LogP contribution in [-0.4, -0.2) is 22.0 Å². The number of aromatic nitrogens is 1. The molecule has 1 saturated heterocycles. The van der Waals surface area contributed by atoms with Gasteiger partial charge in [0.2, 0.25) is 0 Å². The molecule has 0 atom stereocenters. The first-order valence-electron chi connectivity index (χ1n) is 7.19. The summed E-state index contributed by atoms with van der Waals surface area (Å²) in [5.74, 6) is 0.720. The Hall–Kier alpha value is -1.32. The Bertz CT molecular complexity index is 854. The van der Waals surface area contributed by atoms with Crippen LogP contribution in [0.1, 0.15) is 17.0 Å². The van der Waals surface area contributed by atoms with Gasteiger partial charge in [-0.2, -0.15) is 5.01 Å². The molecule has 2 aromatic rings. The SMILES string of the molecule is COc1ccc(/C=C2\SC(=S)N(n3c(C)ccc3C)C2=O)cc1I. The highest BCUT2D eigenvalue weighted by molar-refractivity contribution is 14.1.